The second kappa shape index (κ2) is 6.54. The number of fused-ring (bicyclic) bond motifs is 2. The van der Waals surface area contributed by atoms with Crippen molar-refractivity contribution in [1.82, 2.24) is 15.0 Å². The van der Waals surface area contributed by atoms with Crippen molar-refractivity contribution in [2.24, 2.45) is 10.2 Å². The lowest BCUT2D eigenvalue weighted by molar-refractivity contribution is 0.459. The second-order valence-electron chi connectivity index (χ2n) is 6.36. The number of aromatic amines is 1. The number of aromatic nitrogens is 3. The molecule has 0 saturated carbocycles. The van der Waals surface area contributed by atoms with Crippen molar-refractivity contribution in [3.8, 4) is 16.3 Å². The molecule has 0 aliphatic rings. The Morgan fingerprint density at radius 2 is 1.71 bits per heavy atom. The minimum absolute atomic E-state index is 0.0118. The average molecular weight is 385 g/mol. The molecule has 0 aliphatic heterocycles. The molecule has 6 nitrogen and oxygen atoms in total. The summed E-state index contributed by atoms with van der Waals surface area (Å²) in [7, 11) is 0. The SMILES string of the molecule is Cc1nc(N=Nc2c(O)[nH]c3ccccc23)c2cc(-c3ccccc3)sc2n1. The minimum atomic E-state index is -0.0118. The first-order valence-electron chi connectivity index (χ1n) is 8.74. The van der Waals surface area contributed by atoms with E-state index in [9.17, 15) is 5.11 Å². The van der Waals surface area contributed by atoms with Crippen LogP contribution in [0.2, 0.25) is 0 Å². The highest BCUT2D eigenvalue weighted by Gasteiger charge is 2.13. The number of rotatable bonds is 3. The molecule has 0 saturated heterocycles. The zero-order chi connectivity index (χ0) is 19.1. The first kappa shape index (κ1) is 16.6. The monoisotopic (exact) mass is 385 g/mol. The largest absolute Gasteiger partial charge is 0.493 e. The van der Waals surface area contributed by atoms with E-state index in [1.165, 1.54) is 0 Å². The van der Waals surface area contributed by atoms with Crippen LogP contribution in [0.25, 0.3) is 31.6 Å². The molecule has 0 radical (unpaired) electrons. The van der Waals surface area contributed by atoms with Crippen molar-refractivity contribution in [2.45, 2.75) is 6.92 Å². The average Bonchev–Trinajstić information content (AvgIpc) is 3.27. The second-order valence-corrected chi connectivity index (χ2v) is 7.39. The number of H-pyrrole nitrogens is 1. The van der Waals surface area contributed by atoms with Crippen molar-refractivity contribution < 1.29 is 5.11 Å². The standard InChI is InChI=1S/C21H15N5OS/c1-12-22-19(26-25-18-14-9-5-6-10-16(14)24-20(18)27)15-11-17(28-21(15)23-12)13-7-3-2-4-8-13/h2-11,24,27H,1H3. The molecule has 28 heavy (non-hydrogen) atoms. The highest BCUT2D eigenvalue weighted by atomic mass is 32.1. The van der Waals surface area contributed by atoms with Gasteiger partial charge < -0.3 is 10.1 Å². The lowest BCUT2D eigenvalue weighted by Gasteiger charge is -1.97. The van der Waals surface area contributed by atoms with E-state index in [4.69, 9.17) is 0 Å². The fourth-order valence-electron chi connectivity index (χ4n) is 3.14. The topological polar surface area (TPSA) is 86.5 Å². The van der Waals surface area contributed by atoms with Crippen molar-refractivity contribution >= 4 is 44.0 Å². The van der Waals surface area contributed by atoms with Crippen LogP contribution in [0.3, 0.4) is 0 Å². The molecule has 2 N–H and O–H groups in total. The Labute approximate surface area is 164 Å². The lowest BCUT2D eigenvalue weighted by Crippen LogP contribution is -1.85. The molecule has 5 aromatic rings. The summed E-state index contributed by atoms with van der Waals surface area (Å²) in [6.07, 6.45) is 0. The molecular weight excluding hydrogens is 370 g/mol. The van der Waals surface area contributed by atoms with Gasteiger partial charge in [-0.3, -0.25) is 0 Å². The lowest BCUT2D eigenvalue weighted by atomic mass is 10.2. The van der Waals surface area contributed by atoms with E-state index < -0.39 is 0 Å². The van der Waals surface area contributed by atoms with Gasteiger partial charge in [-0.2, -0.15) is 0 Å². The third-order valence-electron chi connectivity index (χ3n) is 4.45. The van der Waals surface area contributed by atoms with E-state index in [1.807, 2.05) is 55.5 Å². The molecule has 0 unspecified atom stereocenters. The molecule has 0 atom stereocenters. The van der Waals surface area contributed by atoms with Crippen LogP contribution >= 0.6 is 11.3 Å². The predicted octanol–water partition coefficient (Wildman–Crippen LogP) is 6.27. The number of hydrogen-bond donors (Lipinski definition) is 2. The number of hydrogen-bond acceptors (Lipinski definition) is 6. The third-order valence-corrected chi connectivity index (χ3v) is 5.53. The molecule has 2 aromatic carbocycles. The summed E-state index contributed by atoms with van der Waals surface area (Å²) in [6.45, 7) is 1.84. The van der Waals surface area contributed by atoms with E-state index in [2.05, 4.69) is 37.3 Å². The maximum absolute atomic E-state index is 10.2. The molecule has 7 heteroatoms. The fraction of sp³-hybridized carbons (Fsp3) is 0.0476. The highest BCUT2D eigenvalue weighted by molar-refractivity contribution is 7.21. The van der Waals surface area contributed by atoms with Gasteiger partial charge in [0.1, 0.15) is 10.7 Å². The van der Waals surface area contributed by atoms with E-state index in [1.54, 1.807) is 11.3 Å². The number of nitrogens with zero attached hydrogens (tertiary/aromatic N) is 4. The van der Waals surface area contributed by atoms with E-state index >= 15 is 0 Å². The molecule has 3 aromatic heterocycles. The first-order chi connectivity index (χ1) is 13.7. The Morgan fingerprint density at radius 3 is 2.57 bits per heavy atom. The van der Waals surface area contributed by atoms with Gasteiger partial charge in [-0.1, -0.05) is 48.5 Å². The third kappa shape index (κ3) is 2.82. The maximum Gasteiger partial charge on any atom is 0.218 e. The highest BCUT2D eigenvalue weighted by Crippen LogP contribution is 2.39. The van der Waals surface area contributed by atoms with E-state index in [-0.39, 0.29) is 5.88 Å². The van der Waals surface area contributed by atoms with Crippen LogP contribution in [0.4, 0.5) is 11.5 Å². The predicted molar refractivity (Wildman–Crippen MR) is 112 cm³/mol. The summed E-state index contributed by atoms with van der Waals surface area (Å²) >= 11 is 1.60. The van der Waals surface area contributed by atoms with Crippen LogP contribution in [0.15, 0.2) is 70.9 Å². The number of para-hydroxylation sites is 1. The van der Waals surface area contributed by atoms with E-state index in [0.29, 0.717) is 17.3 Å². The molecule has 0 bridgehead atoms. The van der Waals surface area contributed by atoms with Crippen molar-refractivity contribution in [3.05, 3.63) is 66.5 Å². The van der Waals surface area contributed by atoms with Gasteiger partial charge in [0.2, 0.25) is 5.88 Å². The summed E-state index contributed by atoms with van der Waals surface area (Å²) in [5.74, 6) is 1.11. The van der Waals surface area contributed by atoms with Gasteiger partial charge in [0.15, 0.2) is 11.5 Å². The van der Waals surface area contributed by atoms with Gasteiger partial charge in [0, 0.05) is 10.3 Å². The summed E-state index contributed by atoms with van der Waals surface area (Å²) in [5, 5.41) is 20.5. The quantitative estimate of drug-likeness (QED) is 0.359. The number of aromatic hydroxyl groups is 1. The van der Waals surface area contributed by atoms with Crippen molar-refractivity contribution in [1.29, 1.82) is 0 Å². The number of aryl methyl sites for hydroxylation is 1. The van der Waals surface area contributed by atoms with Crippen LogP contribution in [0, 0.1) is 6.92 Å². The Balaban J connectivity index is 1.63. The zero-order valence-electron chi connectivity index (χ0n) is 14.9. The molecule has 0 aliphatic carbocycles. The maximum atomic E-state index is 10.2. The number of thiophene rings is 1. The summed E-state index contributed by atoms with van der Waals surface area (Å²) in [5.41, 5.74) is 2.33. The molecular formula is C21H15N5OS. The number of nitrogens with one attached hydrogen (secondary N) is 1. The van der Waals surface area contributed by atoms with Crippen LogP contribution < -0.4 is 0 Å². The summed E-state index contributed by atoms with van der Waals surface area (Å²) in [4.78, 5) is 13.9. The van der Waals surface area contributed by atoms with Gasteiger partial charge in [0.05, 0.1) is 10.9 Å². The molecule has 5 rings (SSSR count). The number of azo groups is 1. The van der Waals surface area contributed by atoms with Gasteiger partial charge >= 0.3 is 0 Å². The van der Waals surface area contributed by atoms with Crippen LogP contribution in [-0.4, -0.2) is 20.1 Å². The Kier molecular flexibility index (Phi) is 3.87. The van der Waals surface area contributed by atoms with Gasteiger partial charge in [-0.25, -0.2) is 9.97 Å². The molecule has 0 amide bonds. The van der Waals surface area contributed by atoms with Crippen LogP contribution in [-0.2, 0) is 0 Å². The normalized spacial score (nSPS) is 11.8. The Hall–Kier alpha value is -3.58. The smallest absolute Gasteiger partial charge is 0.218 e. The molecule has 136 valence electrons. The van der Waals surface area contributed by atoms with Gasteiger partial charge in [0.25, 0.3) is 0 Å². The van der Waals surface area contributed by atoms with Crippen molar-refractivity contribution in [3.63, 3.8) is 0 Å². The van der Waals surface area contributed by atoms with Crippen LogP contribution in [0.5, 0.6) is 5.88 Å². The molecule has 0 fully saturated rings. The molecule has 3 heterocycles. The Bertz CT molecular complexity index is 1340. The first-order valence-corrected chi connectivity index (χ1v) is 9.56. The van der Waals surface area contributed by atoms with Crippen LogP contribution in [0.1, 0.15) is 5.82 Å². The van der Waals surface area contributed by atoms with Crippen molar-refractivity contribution in [2.75, 3.05) is 0 Å². The van der Waals surface area contributed by atoms with Gasteiger partial charge in [-0.15, -0.1) is 21.6 Å². The summed E-state index contributed by atoms with van der Waals surface area (Å²) in [6, 6.07) is 19.7. The number of benzene rings is 2. The van der Waals surface area contributed by atoms with E-state index in [0.717, 1.165) is 31.6 Å². The Morgan fingerprint density at radius 1 is 0.929 bits per heavy atom. The summed E-state index contributed by atoms with van der Waals surface area (Å²) < 4.78 is 0. The van der Waals surface area contributed by atoms with Gasteiger partial charge in [-0.05, 0) is 24.6 Å². The fourth-order valence-corrected chi connectivity index (χ4v) is 4.22. The zero-order valence-corrected chi connectivity index (χ0v) is 15.7. The molecule has 0 spiro atoms. The minimum Gasteiger partial charge on any atom is -0.493 e.